The molecule has 0 rings (SSSR count). The first-order valence-electron chi connectivity index (χ1n) is 8.33. The van der Waals surface area contributed by atoms with Crippen molar-refractivity contribution in [3.63, 3.8) is 0 Å². The Morgan fingerprint density at radius 1 is 1.00 bits per heavy atom. The third-order valence-corrected chi connectivity index (χ3v) is 3.59. The molecule has 0 unspecified atom stereocenters. The van der Waals surface area contributed by atoms with Crippen LogP contribution in [0.2, 0.25) is 0 Å². The van der Waals surface area contributed by atoms with Crippen LogP contribution in [0.4, 0.5) is 0 Å². The minimum Gasteiger partial charge on any atom is -0.480 e. The van der Waals surface area contributed by atoms with E-state index in [-0.39, 0.29) is 5.91 Å². The van der Waals surface area contributed by atoms with E-state index < -0.39 is 12.0 Å². The number of rotatable bonds is 14. The van der Waals surface area contributed by atoms with Crippen molar-refractivity contribution in [1.29, 1.82) is 0 Å². The van der Waals surface area contributed by atoms with Gasteiger partial charge in [0, 0.05) is 13.0 Å². The number of carbonyl (C=O) groups excluding carboxylic acids is 1. The molecule has 4 N–H and O–H groups in total. The smallest absolute Gasteiger partial charge is 0.320 e. The maximum Gasteiger partial charge on any atom is 0.320 e. The Hall–Kier alpha value is -1.10. The van der Waals surface area contributed by atoms with Crippen molar-refractivity contribution in [1.82, 2.24) is 5.32 Å². The van der Waals surface area contributed by atoms with Crippen LogP contribution in [0.1, 0.15) is 77.6 Å². The molecule has 0 aromatic heterocycles. The molecule has 0 saturated heterocycles. The van der Waals surface area contributed by atoms with Crippen molar-refractivity contribution in [2.24, 2.45) is 5.73 Å². The van der Waals surface area contributed by atoms with E-state index in [1.807, 2.05) is 0 Å². The van der Waals surface area contributed by atoms with Gasteiger partial charge in [-0.2, -0.15) is 0 Å². The molecule has 0 aromatic rings. The van der Waals surface area contributed by atoms with E-state index in [0.717, 1.165) is 25.7 Å². The molecule has 0 radical (unpaired) electrons. The van der Waals surface area contributed by atoms with Gasteiger partial charge in [-0.05, 0) is 25.7 Å². The molecule has 0 saturated carbocycles. The second kappa shape index (κ2) is 13.9. The number of hydrogen-bond acceptors (Lipinski definition) is 3. The predicted octanol–water partition coefficient (Wildman–Crippen LogP) is 2.83. The topological polar surface area (TPSA) is 92.4 Å². The lowest BCUT2D eigenvalue weighted by Crippen LogP contribution is -2.30. The number of aliphatic carboxylic acids is 1. The summed E-state index contributed by atoms with van der Waals surface area (Å²) in [6.07, 6.45) is 11.0. The highest BCUT2D eigenvalue weighted by Crippen LogP contribution is 2.08. The third kappa shape index (κ3) is 13.6. The van der Waals surface area contributed by atoms with Crippen LogP contribution in [-0.4, -0.2) is 29.6 Å². The highest BCUT2D eigenvalue weighted by atomic mass is 16.4. The normalized spacial score (nSPS) is 12.1. The number of unbranched alkanes of at least 4 members (excludes halogenated alkanes) is 7. The number of carboxylic acids is 1. The van der Waals surface area contributed by atoms with Crippen LogP contribution in [0, 0.1) is 0 Å². The van der Waals surface area contributed by atoms with Gasteiger partial charge in [0.05, 0.1) is 0 Å². The lowest BCUT2D eigenvalue weighted by atomic mass is 10.1. The zero-order valence-electron chi connectivity index (χ0n) is 13.4. The molecule has 0 aromatic carbocycles. The van der Waals surface area contributed by atoms with Gasteiger partial charge >= 0.3 is 5.97 Å². The number of nitrogens with one attached hydrogen (secondary N) is 1. The van der Waals surface area contributed by atoms with Crippen LogP contribution in [0.5, 0.6) is 0 Å². The Morgan fingerprint density at radius 3 is 2.24 bits per heavy atom. The number of carbonyl (C=O) groups is 2. The van der Waals surface area contributed by atoms with Crippen LogP contribution in [0.15, 0.2) is 0 Å². The molecule has 0 heterocycles. The number of nitrogens with two attached hydrogens (primary N) is 1. The largest absolute Gasteiger partial charge is 0.480 e. The zero-order chi connectivity index (χ0) is 15.9. The lowest BCUT2D eigenvalue weighted by Gasteiger charge is -2.07. The summed E-state index contributed by atoms with van der Waals surface area (Å²) in [7, 11) is 0. The molecule has 1 atom stereocenters. The van der Waals surface area contributed by atoms with Crippen molar-refractivity contribution < 1.29 is 14.7 Å². The Bertz CT molecular complexity index is 283. The van der Waals surface area contributed by atoms with Crippen molar-refractivity contribution in [2.75, 3.05) is 6.54 Å². The highest BCUT2D eigenvalue weighted by Gasteiger charge is 2.10. The number of hydrogen-bond donors (Lipinski definition) is 3. The van der Waals surface area contributed by atoms with E-state index >= 15 is 0 Å². The van der Waals surface area contributed by atoms with Gasteiger partial charge in [0.15, 0.2) is 0 Å². The highest BCUT2D eigenvalue weighted by molar-refractivity contribution is 5.75. The molecule has 5 heteroatoms. The van der Waals surface area contributed by atoms with Gasteiger partial charge in [-0.25, -0.2) is 0 Å². The summed E-state index contributed by atoms with van der Waals surface area (Å²) in [5.74, 6) is -0.857. The van der Waals surface area contributed by atoms with Crippen LogP contribution in [0.3, 0.4) is 0 Å². The SMILES string of the molecule is CCCCCCCCCC(=O)NCCCC[C@H](N)C(=O)O. The van der Waals surface area contributed by atoms with Gasteiger partial charge in [0.2, 0.25) is 5.91 Å². The minimum absolute atomic E-state index is 0.103. The van der Waals surface area contributed by atoms with Gasteiger partial charge in [-0.1, -0.05) is 45.4 Å². The summed E-state index contributed by atoms with van der Waals surface area (Å²) in [5.41, 5.74) is 5.40. The fourth-order valence-corrected chi connectivity index (χ4v) is 2.17. The van der Waals surface area contributed by atoms with Crippen LogP contribution >= 0.6 is 0 Å². The fraction of sp³-hybridized carbons (Fsp3) is 0.875. The lowest BCUT2D eigenvalue weighted by molar-refractivity contribution is -0.138. The molecule has 124 valence electrons. The van der Waals surface area contributed by atoms with Crippen LogP contribution in [0.25, 0.3) is 0 Å². The van der Waals surface area contributed by atoms with Crippen molar-refractivity contribution in [3.05, 3.63) is 0 Å². The molecular weight excluding hydrogens is 268 g/mol. The van der Waals surface area contributed by atoms with E-state index in [1.54, 1.807) is 0 Å². The molecule has 0 aliphatic rings. The minimum atomic E-state index is -0.960. The Kier molecular flexibility index (Phi) is 13.1. The summed E-state index contributed by atoms with van der Waals surface area (Å²) in [6.45, 7) is 2.82. The van der Waals surface area contributed by atoms with E-state index in [0.29, 0.717) is 19.4 Å². The molecule has 0 bridgehead atoms. The zero-order valence-corrected chi connectivity index (χ0v) is 13.4. The first-order valence-corrected chi connectivity index (χ1v) is 8.33. The first-order chi connectivity index (χ1) is 10.1. The van der Waals surface area contributed by atoms with Crippen molar-refractivity contribution in [3.8, 4) is 0 Å². The molecule has 0 aliphatic heterocycles. The summed E-state index contributed by atoms with van der Waals surface area (Å²) in [6, 6.07) is -0.784. The van der Waals surface area contributed by atoms with Crippen LogP contribution in [-0.2, 0) is 9.59 Å². The summed E-state index contributed by atoms with van der Waals surface area (Å²) >= 11 is 0. The second-order valence-electron chi connectivity index (χ2n) is 5.66. The maximum absolute atomic E-state index is 11.6. The van der Waals surface area contributed by atoms with Gasteiger partial charge in [0.1, 0.15) is 6.04 Å². The number of carboxylic acid groups (broad SMARTS) is 1. The van der Waals surface area contributed by atoms with Gasteiger partial charge in [-0.15, -0.1) is 0 Å². The first kappa shape index (κ1) is 19.9. The summed E-state index contributed by atoms with van der Waals surface area (Å²) in [4.78, 5) is 22.1. The maximum atomic E-state index is 11.6. The van der Waals surface area contributed by atoms with E-state index in [4.69, 9.17) is 10.8 Å². The quantitative estimate of drug-likeness (QED) is 0.430. The Labute approximate surface area is 128 Å². The molecular formula is C16H32N2O3. The Balaban J connectivity index is 3.29. The van der Waals surface area contributed by atoms with Crippen LogP contribution < -0.4 is 11.1 Å². The van der Waals surface area contributed by atoms with Gasteiger partial charge < -0.3 is 16.2 Å². The van der Waals surface area contributed by atoms with E-state index in [2.05, 4.69) is 12.2 Å². The Morgan fingerprint density at radius 2 is 1.62 bits per heavy atom. The average Bonchev–Trinajstić information content (AvgIpc) is 2.45. The molecule has 0 aliphatic carbocycles. The molecule has 5 nitrogen and oxygen atoms in total. The molecule has 0 spiro atoms. The second-order valence-corrected chi connectivity index (χ2v) is 5.66. The fourth-order valence-electron chi connectivity index (χ4n) is 2.17. The van der Waals surface area contributed by atoms with Gasteiger partial charge in [0.25, 0.3) is 0 Å². The molecule has 21 heavy (non-hydrogen) atoms. The van der Waals surface area contributed by atoms with Gasteiger partial charge in [-0.3, -0.25) is 9.59 Å². The van der Waals surface area contributed by atoms with E-state index in [1.165, 1.54) is 32.1 Å². The molecule has 0 fully saturated rings. The number of amides is 1. The van der Waals surface area contributed by atoms with Crippen molar-refractivity contribution >= 4 is 11.9 Å². The molecule has 1 amide bonds. The third-order valence-electron chi connectivity index (χ3n) is 3.59. The van der Waals surface area contributed by atoms with E-state index in [9.17, 15) is 9.59 Å². The summed E-state index contributed by atoms with van der Waals surface area (Å²) < 4.78 is 0. The average molecular weight is 300 g/mol. The standard InChI is InChI=1S/C16H32N2O3/c1-2-3-4-5-6-7-8-12-15(19)18-13-10-9-11-14(17)16(20)21/h14H,2-13,17H2,1H3,(H,18,19)(H,20,21)/t14-/m0/s1. The monoisotopic (exact) mass is 300 g/mol. The van der Waals surface area contributed by atoms with Crippen molar-refractivity contribution in [2.45, 2.75) is 83.6 Å². The summed E-state index contributed by atoms with van der Waals surface area (Å²) in [5, 5.41) is 11.5. The predicted molar refractivity (Wildman–Crippen MR) is 85.1 cm³/mol.